The summed E-state index contributed by atoms with van der Waals surface area (Å²) < 4.78 is 42.2. The number of halogens is 3. The van der Waals surface area contributed by atoms with Crippen molar-refractivity contribution in [3.05, 3.63) is 24.0 Å². The minimum absolute atomic E-state index is 0.0446. The van der Waals surface area contributed by atoms with Gasteiger partial charge in [-0.1, -0.05) is 0 Å². The van der Waals surface area contributed by atoms with Gasteiger partial charge in [0.2, 0.25) is 11.8 Å². The van der Waals surface area contributed by atoms with Gasteiger partial charge in [-0.05, 0) is 26.8 Å². The van der Waals surface area contributed by atoms with Crippen LogP contribution in [0, 0.1) is 5.82 Å². The molecule has 1 aromatic carbocycles. The molecule has 0 bridgehead atoms. The summed E-state index contributed by atoms with van der Waals surface area (Å²) in [5.74, 6) is -1.59. The minimum atomic E-state index is -3.08. The Morgan fingerprint density at radius 2 is 1.59 bits per heavy atom. The molecule has 0 saturated carbocycles. The molecule has 7 nitrogen and oxygen atoms in total. The first kappa shape index (κ1) is 23.0. The van der Waals surface area contributed by atoms with E-state index in [1.54, 1.807) is 0 Å². The van der Waals surface area contributed by atoms with Gasteiger partial charge in [-0.25, -0.2) is 4.39 Å². The number of benzene rings is 1. The highest BCUT2D eigenvalue weighted by Gasteiger charge is 2.22. The van der Waals surface area contributed by atoms with Crippen LogP contribution >= 0.6 is 0 Å². The Kier molecular flexibility index (Phi) is 7.86. The van der Waals surface area contributed by atoms with Crippen molar-refractivity contribution in [2.45, 2.75) is 32.9 Å². The fraction of sp³-hybridized carbons (Fsp3) is 0.579. The quantitative estimate of drug-likeness (QED) is 0.710. The molecule has 1 saturated heterocycles. The predicted octanol–water partition coefficient (Wildman–Crippen LogP) is 1.90. The van der Waals surface area contributed by atoms with Gasteiger partial charge in [0.1, 0.15) is 11.6 Å². The summed E-state index contributed by atoms with van der Waals surface area (Å²) in [6, 6.07) is 2.98. The van der Waals surface area contributed by atoms with Crippen LogP contribution in [0.15, 0.2) is 18.2 Å². The molecule has 0 radical (unpaired) electrons. The average molecular weight is 416 g/mol. The van der Waals surface area contributed by atoms with E-state index in [0.29, 0.717) is 32.7 Å². The maximum absolute atomic E-state index is 13.5. The van der Waals surface area contributed by atoms with Crippen LogP contribution in [0.25, 0.3) is 0 Å². The van der Waals surface area contributed by atoms with Crippen molar-refractivity contribution in [1.29, 1.82) is 0 Å². The van der Waals surface area contributed by atoms with Crippen molar-refractivity contribution in [1.82, 2.24) is 15.1 Å². The topological polar surface area (TPSA) is 73.9 Å². The lowest BCUT2D eigenvalue weighted by atomic mass is 10.1. The Morgan fingerprint density at radius 1 is 1.03 bits per heavy atom. The molecule has 1 aromatic rings. The van der Waals surface area contributed by atoms with Crippen LogP contribution in [0.5, 0.6) is 5.75 Å². The molecular formula is C19H27F3N4O3. The molecule has 2 N–H and O–H groups in total. The number of carbonyl (C=O) groups is 2. The number of alkyl halides is 2. The minimum Gasteiger partial charge on any atom is -0.435 e. The van der Waals surface area contributed by atoms with E-state index in [1.807, 2.05) is 30.6 Å². The number of piperazine rings is 1. The van der Waals surface area contributed by atoms with Crippen molar-refractivity contribution in [2.24, 2.45) is 0 Å². The van der Waals surface area contributed by atoms with E-state index in [2.05, 4.69) is 15.4 Å². The molecule has 29 heavy (non-hydrogen) atoms. The summed E-state index contributed by atoms with van der Waals surface area (Å²) in [5.41, 5.74) is -0.239. The smallest absolute Gasteiger partial charge is 0.387 e. The summed E-state index contributed by atoms with van der Waals surface area (Å²) in [5, 5.41) is 5.40. The van der Waals surface area contributed by atoms with Crippen LogP contribution in [0.3, 0.4) is 0 Å². The number of rotatable bonds is 7. The highest BCUT2D eigenvalue weighted by molar-refractivity contribution is 5.92. The Morgan fingerprint density at radius 3 is 2.10 bits per heavy atom. The molecule has 1 aliphatic rings. The van der Waals surface area contributed by atoms with Crippen LogP contribution < -0.4 is 15.4 Å². The zero-order chi connectivity index (χ0) is 21.6. The lowest BCUT2D eigenvalue weighted by Crippen LogP contribution is -2.52. The summed E-state index contributed by atoms with van der Waals surface area (Å²) in [6.07, 6.45) is 0. The number of nitrogens with one attached hydrogen (secondary N) is 2. The SMILES string of the molecule is CC(C)(C)NC(=O)CN1CCN(CC(=O)Nc2cc(F)cc(OC(F)F)c2)CC1. The molecule has 0 atom stereocenters. The van der Waals surface area contributed by atoms with Gasteiger partial charge < -0.3 is 15.4 Å². The van der Waals surface area contributed by atoms with Crippen molar-refractivity contribution in [2.75, 3.05) is 44.6 Å². The highest BCUT2D eigenvalue weighted by atomic mass is 19.3. The van der Waals surface area contributed by atoms with Gasteiger partial charge in [0, 0.05) is 49.5 Å². The van der Waals surface area contributed by atoms with Gasteiger partial charge in [-0.3, -0.25) is 19.4 Å². The molecule has 0 aliphatic carbocycles. The van der Waals surface area contributed by atoms with E-state index in [1.165, 1.54) is 0 Å². The maximum Gasteiger partial charge on any atom is 0.387 e. The Balaban J connectivity index is 1.78. The fourth-order valence-electron chi connectivity index (χ4n) is 2.98. The number of ether oxygens (including phenoxy) is 1. The predicted molar refractivity (Wildman–Crippen MR) is 102 cm³/mol. The van der Waals surface area contributed by atoms with Crippen LogP contribution in [-0.2, 0) is 9.59 Å². The first-order valence-electron chi connectivity index (χ1n) is 9.31. The van der Waals surface area contributed by atoms with E-state index < -0.39 is 18.3 Å². The van der Waals surface area contributed by atoms with Gasteiger partial charge in [0.25, 0.3) is 0 Å². The monoisotopic (exact) mass is 416 g/mol. The fourth-order valence-corrected chi connectivity index (χ4v) is 2.98. The number of carbonyl (C=O) groups excluding carboxylic acids is 2. The number of amides is 2. The zero-order valence-corrected chi connectivity index (χ0v) is 16.8. The Labute approximate surface area is 168 Å². The number of anilines is 1. The third kappa shape index (κ3) is 8.70. The Bertz CT molecular complexity index is 717. The molecule has 1 aliphatic heterocycles. The molecule has 1 heterocycles. The number of hydrogen-bond donors (Lipinski definition) is 2. The molecule has 162 valence electrons. The summed E-state index contributed by atoms with van der Waals surface area (Å²) in [4.78, 5) is 28.1. The standard InChI is InChI=1S/C19H27F3N4O3/c1-19(2,3)24-17(28)12-26-6-4-25(5-7-26)11-16(27)23-14-8-13(20)9-15(10-14)29-18(21)22/h8-10,18H,4-7,11-12H2,1-3H3,(H,23,27)(H,24,28). The van der Waals surface area contributed by atoms with Crippen molar-refractivity contribution >= 4 is 17.5 Å². The van der Waals surface area contributed by atoms with E-state index in [4.69, 9.17) is 0 Å². The average Bonchev–Trinajstić information content (AvgIpc) is 2.53. The first-order valence-corrected chi connectivity index (χ1v) is 9.31. The van der Waals surface area contributed by atoms with Gasteiger partial charge in [0.05, 0.1) is 13.1 Å². The van der Waals surface area contributed by atoms with E-state index >= 15 is 0 Å². The van der Waals surface area contributed by atoms with E-state index in [0.717, 1.165) is 18.2 Å². The Hall–Kier alpha value is -2.33. The van der Waals surface area contributed by atoms with E-state index in [9.17, 15) is 22.8 Å². The van der Waals surface area contributed by atoms with Crippen molar-refractivity contribution < 1.29 is 27.5 Å². The van der Waals surface area contributed by atoms with Crippen LogP contribution in [0.4, 0.5) is 18.9 Å². The maximum atomic E-state index is 13.5. The summed E-state index contributed by atoms with van der Waals surface area (Å²) in [7, 11) is 0. The lowest BCUT2D eigenvalue weighted by Gasteiger charge is -2.34. The third-order valence-corrected chi connectivity index (χ3v) is 4.09. The summed E-state index contributed by atoms with van der Waals surface area (Å²) in [6.45, 7) is 5.51. The van der Waals surface area contributed by atoms with E-state index in [-0.39, 0.29) is 29.4 Å². The second kappa shape index (κ2) is 9.93. The number of nitrogens with zero attached hydrogens (tertiary/aromatic N) is 2. The molecule has 0 unspecified atom stereocenters. The molecule has 0 aromatic heterocycles. The molecule has 2 rings (SSSR count). The van der Waals surface area contributed by atoms with Crippen LogP contribution in [0.1, 0.15) is 20.8 Å². The molecule has 10 heteroatoms. The van der Waals surface area contributed by atoms with Crippen LogP contribution in [-0.4, -0.2) is 73.0 Å². The van der Waals surface area contributed by atoms with Crippen LogP contribution in [0.2, 0.25) is 0 Å². The third-order valence-electron chi connectivity index (χ3n) is 4.09. The zero-order valence-electron chi connectivity index (χ0n) is 16.8. The molecule has 0 spiro atoms. The van der Waals surface area contributed by atoms with Gasteiger partial charge in [-0.2, -0.15) is 8.78 Å². The normalized spacial score (nSPS) is 16.0. The molecular weight excluding hydrogens is 389 g/mol. The van der Waals surface area contributed by atoms with Gasteiger partial charge in [-0.15, -0.1) is 0 Å². The lowest BCUT2D eigenvalue weighted by molar-refractivity contribution is -0.124. The summed E-state index contributed by atoms with van der Waals surface area (Å²) >= 11 is 0. The van der Waals surface area contributed by atoms with Crippen molar-refractivity contribution in [3.8, 4) is 5.75 Å². The molecule has 1 fully saturated rings. The molecule has 2 amide bonds. The van der Waals surface area contributed by atoms with Gasteiger partial charge in [0.15, 0.2) is 0 Å². The second-order valence-electron chi connectivity index (χ2n) is 7.95. The largest absolute Gasteiger partial charge is 0.435 e. The van der Waals surface area contributed by atoms with Gasteiger partial charge >= 0.3 is 6.61 Å². The second-order valence-corrected chi connectivity index (χ2v) is 7.95. The highest BCUT2D eigenvalue weighted by Crippen LogP contribution is 2.22. The first-order chi connectivity index (χ1) is 13.5. The van der Waals surface area contributed by atoms with Crippen molar-refractivity contribution in [3.63, 3.8) is 0 Å². The number of hydrogen-bond acceptors (Lipinski definition) is 5.